The number of likely N-dealkylation sites (tertiary alicyclic amines) is 1. The minimum atomic E-state index is -0.741. The monoisotopic (exact) mass is 388 g/mol. The van der Waals surface area contributed by atoms with Crippen LogP contribution in [0.1, 0.15) is 30.6 Å². The Bertz CT molecular complexity index is 849. The van der Waals surface area contributed by atoms with Crippen LogP contribution in [-0.4, -0.2) is 42.1 Å². The smallest absolute Gasteiger partial charge is 0.317 e. The fourth-order valence-corrected chi connectivity index (χ4v) is 4.28. The van der Waals surface area contributed by atoms with E-state index in [1.54, 1.807) is 6.07 Å². The summed E-state index contributed by atoms with van der Waals surface area (Å²) in [5.41, 5.74) is 11.7. The number of nitrogens with two attached hydrogens (primary N) is 2. The van der Waals surface area contributed by atoms with Crippen molar-refractivity contribution in [2.75, 3.05) is 18.4 Å². The number of rotatable bonds is 6. The standard InChI is InChI=1S/C19H24N4O3S/c1-11(2)23-8-7-12(10-23)26-15-6-4-3-5-13(15)16-9-14(17(20)24)18(27-16)22-19(21)25/h3-6,9,11-12H,7-8,10H2,1-2H3,(H2,20,24)(H3,21,22,25). The Labute approximate surface area is 162 Å². The van der Waals surface area contributed by atoms with E-state index in [1.807, 2.05) is 24.3 Å². The summed E-state index contributed by atoms with van der Waals surface area (Å²) in [6.45, 7) is 6.26. The van der Waals surface area contributed by atoms with Gasteiger partial charge in [-0.3, -0.25) is 15.0 Å². The summed E-state index contributed by atoms with van der Waals surface area (Å²) in [5.74, 6) is 0.124. The van der Waals surface area contributed by atoms with E-state index < -0.39 is 11.9 Å². The average molecular weight is 388 g/mol. The van der Waals surface area contributed by atoms with Crippen LogP contribution in [0, 0.1) is 0 Å². The van der Waals surface area contributed by atoms with Gasteiger partial charge in [-0.05, 0) is 38.5 Å². The van der Waals surface area contributed by atoms with Crippen molar-refractivity contribution < 1.29 is 14.3 Å². The maximum Gasteiger partial charge on any atom is 0.317 e. The lowest BCUT2D eigenvalue weighted by atomic mass is 10.1. The maximum absolute atomic E-state index is 11.7. The first-order chi connectivity index (χ1) is 12.8. The van der Waals surface area contributed by atoms with E-state index in [2.05, 4.69) is 24.1 Å². The minimum absolute atomic E-state index is 0.118. The molecule has 0 aliphatic carbocycles. The van der Waals surface area contributed by atoms with E-state index in [0.29, 0.717) is 11.0 Å². The first kappa shape index (κ1) is 19.2. The molecule has 1 atom stereocenters. The molecule has 1 fully saturated rings. The van der Waals surface area contributed by atoms with Crippen LogP contribution < -0.4 is 21.5 Å². The second-order valence-electron chi connectivity index (χ2n) is 6.82. The van der Waals surface area contributed by atoms with Crippen molar-refractivity contribution in [2.45, 2.75) is 32.4 Å². The van der Waals surface area contributed by atoms with Gasteiger partial charge in [-0.25, -0.2) is 4.79 Å². The van der Waals surface area contributed by atoms with Gasteiger partial charge >= 0.3 is 6.03 Å². The number of nitrogens with one attached hydrogen (secondary N) is 1. The number of amides is 3. The molecule has 1 aliphatic heterocycles. The molecule has 7 nitrogen and oxygen atoms in total. The second-order valence-corrected chi connectivity index (χ2v) is 7.87. The number of primary amides is 2. The SMILES string of the molecule is CC(C)N1CCC(Oc2ccccc2-c2cc(C(N)=O)c(NC(N)=O)s2)C1. The summed E-state index contributed by atoms with van der Waals surface area (Å²) in [4.78, 5) is 26.1. The van der Waals surface area contributed by atoms with E-state index in [4.69, 9.17) is 16.2 Å². The number of urea groups is 1. The molecule has 2 aromatic rings. The van der Waals surface area contributed by atoms with Gasteiger partial charge in [0.1, 0.15) is 16.9 Å². The molecule has 1 aromatic heterocycles. The van der Waals surface area contributed by atoms with Crippen LogP contribution in [0.4, 0.5) is 9.80 Å². The Kier molecular flexibility index (Phi) is 5.67. The van der Waals surface area contributed by atoms with Crippen LogP contribution >= 0.6 is 11.3 Å². The van der Waals surface area contributed by atoms with Crippen LogP contribution in [0.3, 0.4) is 0 Å². The zero-order valence-electron chi connectivity index (χ0n) is 15.4. The van der Waals surface area contributed by atoms with Crippen molar-refractivity contribution in [2.24, 2.45) is 11.5 Å². The lowest BCUT2D eigenvalue weighted by Gasteiger charge is -2.21. The molecule has 1 aliphatic rings. The maximum atomic E-state index is 11.7. The number of carbonyl (C=O) groups is 2. The highest BCUT2D eigenvalue weighted by Gasteiger charge is 2.26. The number of ether oxygens (including phenoxy) is 1. The average Bonchev–Trinajstić information content (AvgIpc) is 3.22. The van der Waals surface area contributed by atoms with Gasteiger partial charge in [0, 0.05) is 29.6 Å². The predicted molar refractivity (Wildman–Crippen MR) is 107 cm³/mol. The van der Waals surface area contributed by atoms with Crippen LogP contribution in [0.25, 0.3) is 10.4 Å². The Hall–Kier alpha value is -2.58. The first-order valence-electron chi connectivity index (χ1n) is 8.85. The molecular weight excluding hydrogens is 364 g/mol. The third-order valence-corrected chi connectivity index (χ3v) is 5.67. The van der Waals surface area contributed by atoms with Gasteiger partial charge in [-0.2, -0.15) is 0 Å². The second kappa shape index (κ2) is 7.98. The summed E-state index contributed by atoms with van der Waals surface area (Å²) >= 11 is 1.24. The van der Waals surface area contributed by atoms with Crippen molar-refractivity contribution >= 4 is 28.3 Å². The Morgan fingerprint density at radius 1 is 1.30 bits per heavy atom. The molecule has 27 heavy (non-hydrogen) atoms. The van der Waals surface area contributed by atoms with Crippen LogP contribution in [-0.2, 0) is 0 Å². The van der Waals surface area contributed by atoms with Gasteiger partial charge in [0.2, 0.25) is 0 Å². The van der Waals surface area contributed by atoms with Crippen LogP contribution in [0.2, 0.25) is 0 Å². The molecule has 144 valence electrons. The van der Waals surface area contributed by atoms with Gasteiger partial charge in [-0.15, -0.1) is 11.3 Å². The molecule has 0 radical (unpaired) electrons. The third-order valence-electron chi connectivity index (χ3n) is 4.59. The zero-order valence-corrected chi connectivity index (χ0v) is 16.2. The van der Waals surface area contributed by atoms with Crippen molar-refractivity contribution in [3.63, 3.8) is 0 Å². The molecule has 3 rings (SSSR count). The quantitative estimate of drug-likeness (QED) is 0.706. The van der Waals surface area contributed by atoms with Crippen LogP contribution in [0.15, 0.2) is 30.3 Å². The topological polar surface area (TPSA) is 111 Å². The largest absolute Gasteiger partial charge is 0.488 e. The Balaban J connectivity index is 1.88. The highest BCUT2D eigenvalue weighted by atomic mass is 32.1. The van der Waals surface area contributed by atoms with Gasteiger partial charge in [0.05, 0.1) is 5.56 Å². The van der Waals surface area contributed by atoms with E-state index >= 15 is 0 Å². The molecule has 0 bridgehead atoms. The predicted octanol–water partition coefficient (Wildman–Crippen LogP) is 2.87. The summed E-state index contributed by atoms with van der Waals surface area (Å²) in [5, 5.41) is 2.80. The summed E-state index contributed by atoms with van der Waals surface area (Å²) in [6, 6.07) is 9.08. The van der Waals surface area contributed by atoms with Crippen molar-refractivity contribution in [3.8, 4) is 16.2 Å². The van der Waals surface area contributed by atoms with Crippen molar-refractivity contribution in [3.05, 3.63) is 35.9 Å². The first-order valence-corrected chi connectivity index (χ1v) is 9.67. The van der Waals surface area contributed by atoms with E-state index in [0.717, 1.165) is 35.7 Å². The summed E-state index contributed by atoms with van der Waals surface area (Å²) < 4.78 is 6.27. The van der Waals surface area contributed by atoms with Gasteiger partial charge in [-0.1, -0.05) is 12.1 Å². The number of carbonyl (C=O) groups excluding carboxylic acids is 2. The normalized spacial score (nSPS) is 17.2. The summed E-state index contributed by atoms with van der Waals surface area (Å²) in [7, 11) is 0. The summed E-state index contributed by atoms with van der Waals surface area (Å²) in [6.07, 6.45) is 1.09. The zero-order chi connectivity index (χ0) is 19.6. The Morgan fingerprint density at radius 3 is 2.67 bits per heavy atom. The number of nitrogens with zero attached hydrogens (tertiary/aromatic N) is 1. The molecule has 5 N–H and O–H groups in total. The lowest BCUT2D eigenvalue weighted by Crippen LogP contribution is -2.30. The van der Waals surface area contributed by atoms with Crippen molar-refractivity contribution in [1.29, 1.82) is 0 Å². The minimum Gasteiger partial charge on any atom is -0.488 e. The van der Waals surface area contributed by atoms with E-state index in [9.17, 15) is 9.59 Å². The molecular formula is C19H24N4O3S. The van der Waals surface area contributed by atoms with Gasteiger partial charge in [0.25, 0.3) is 5.91 Å². The number of benzene rings is 1. The number of thiophene rings is 1. The van der Waals surface area contributed by atoms with E-state index in [1.165, 1.54) is 11.3 Å². The Morgan fingerprint density at radius 2 is 2.04 bits per heavy atom. The molecule has 8 heteroatoms. The number of hydrogen-bond acceptors (Lipinski definition) is 5. The number of anilines is 1. The van der Waals surface area contributed by atoms with Gasteiger partial charge < -0.3 is 16.2 Å². The number of para-hydroxylation sites is 1. The fourth-order valence-electron chi connectivity index (χ4n) is 3.18. The fraction of sp³-hybridized carbons (Fsp3) is 0.368. The third kappa shape index (κ3) is 4.40. The van der Waals surface area contributed by atoms with E-state index in [-0.39, 0.29) is 11.7 Å². The highest BCUT2D eigenvalue weighted by Crippen LogP contribution is 2.40. The number of hydrogen-bond donors (Lipinski definition) is 3. The molecule has 1 aromatic carbocycles. The van der Waals surface area contributed by atoms with Crippen LogP contribution in [0.5, 0.6) is 5.75 Å². The molecule has 3 amide bonds. The van der Waals surface area contributed by atoms with Gasteiger partial charge in [0.15, 0.2) is 0 Å². The van der Waals surface area contributed by atoms with Crippen molar-refractivity contribution in [1.82, 2.24) is 4.90 Å². The molecule has 0 spiro atoms. The molecule has 1 unspecified atom stereocenters. The molecule has 0 saturated carbocycles. The molecule has 2 heterocycles. The molecule has 1 saturated heterocycles. The highest BCUT2D eigenvalue weighted by molar-refractivity contribution is 7.20. The lowest BCUT2D eigenvalue weighted by molar-refractivity contribution is 0.100.